The van der Waals surface area contributed by atoms with Gasteiger partial charge >= 0.3 is 0 Å². The fraction of sp³-hybridized carbons (Fsp3) is 0.161. The average Bonchev–Trinajstić information content (AvgIpc) is 3.14. The molecule has 0 saturated carbocycles. The molecule has 4 nitrogen and oxygen atoms in total. The first kappa shape index (κ1) is 24.7. The maximum absolute atomic E-state index is 14.0. The van der Waals surface area contributed by atoms with Gasteiger partial charge in [0, 0.05) is 11.3 Å². The van der Waals surface area contributed by atoms with Crippen molar-refractivity contribution < 1.29 is 19.1 Å². The fourth-order valence-corrected chi connectivity index (χ4v) is 4.97. The van der Waals surface area contributed by atoms with E-state index in [1.165, 1.54) is 17.0 Å². The number of rotatable bonds is 3. The van der Waals surface area contributed by atoms with Gasteiger partial charge in [-0.15, -0.1) is 0 Å². The van der Waals surface area contributed by atoms with Crippen LogP contribution in [0.25, 0.3) is 16.5 Å². The molecule has 1 fully saturated rings. The van der Waals surface area contributed by atoms with Crippen LogP contribution in [-0.4, -0.2) is 16.8 Å². The largest absolute Gasteiger partial charge is 0.507 e. The van der Waals surface area contributed by atoms with Crippen molar-refractivity contribution in [2.75, 3.05) is 4.90 Å². The van der Waals surface area contributed by atoms with Crippen molar-refractivity contribution in [1.82, 2.24) is 0 Å². The lowest BCUT2D eigenvalue weighted by Crippen LogP contribution is -2.29. The average molecular weight is 514 g/mol. The Balaban J connectivity index is 1.76. The number of halogens is 2. The van der Waals surface area contributed by atoms with E-state index in [9.17, 15) is 19.1 Å². The molecule has 1 N–H and O–H groups in total. The number of aliphatic hydroxyl groups is 1. The summed E-state index contributed by atoms with van der Waals surface area (Å²) in [6.45, 7) is 6.28. The SMILES string of the molecule is CC(C)(C)c1ccc(C2/C(=C(/O)c3cccc4ccccc34)C(=O)C(=O)N2c2ccc(F)c(Cl)c2)cc1. The van der Waals surface area contributed by atoms with E-state index >= 15 is 0 Å². The lowest BCUT2D eigenvalue weighted by Gasteiger charge is -2.27. The van der Waals surface area contributed by atoms with Gasteiger partial charge < -0.3 is 5.11 Å². The smallest absolute Gasteiger partial charge is 0.300 e. The van der Waals surface area contributed by atoms with Crippen LogP contribution in [0, 0.1) is 5.82 Å². The van der Waals surface area contributed by atoms with Crippen molar-refractivity contribution in [2.45, 2.75) is 32.2 Å². The van der Waals surface area contributed by atoms with Crippen LogP contribution >= 0.6 is 11.6 Å². The Morgan fingerprint density at radius 2 is 1.59 bits per heavy atom. The van der Waals surface area contributed by atoms with Gasteiger partial charge in [0.1, 0.15) is 11.6 Å². The first-order chi connectivity index (χ1) is 17.6. The van der Waals surface area contributed by atoms with Crippen LogP contribution in [0.2, 0.25) is 5.02 Å². The van der Waals surface area contributed by atoms with E-state index in [1.807, 2.05) is 54.6 Å². The molecule has 1 saturated heterocycles. The highest BCUT2D eigenvalue weighted by molar-refractivity contribution is 6.52. The third-order valence-electron chi connectivity index (χ3n) is 6.76. The van der Waals surface area contributed by atoms with E-state index in [0.29, 0.717) is 11.1 Å². The van der Waals surface area contributed by atoms with Crippen molar-refractivity contribution in [3.63, 3.8) is 0 Å². The fourth-order valence-electron chi connectivity index (χ4n) is 4.79. The third-order valence-corrected chi connectivity index (χ3v) is 7.05. The van der Waals surface area contributed by atoms with E-state index < -0.39 is 23.5 Å². The molecule has 6 heteroatoms. The van der Waals surface area contributed by atoms with Crippen LogP contribution in [-0.2, 0) is 15.0 Å². The normalized spacial score (nSPS) is 17.5. The molecule has 1 unspecified atom stereocenters. The van der Waals surface area contributed by atoms with Gasteiger partial charge in [-0.1, -0.05) is 99.1 Å². The first-order valence-corrected chi connectivity index (χ1v) is 12.3. The van der Waals surface area contributed by atoms with E-state index in [4.69, 9.17) is 11.6 Å². The molecule has 0 spiro atoms. The summed E-state index contributed by atoms with van der Waals surface area (Å²) in [6, 6.07) is 23.5. The molecule has 1 atom stereocenters. The number of benzene rings is 4. The second kappa shape index (κ2) is 9.16. The number of aliphatic hydroxyl groups excluding tert-OH is 1. The summed E-state index contributed by atoms with van der Waals surface area (Å²) >= 11 is 6.04. The van der Waals surface area contributed by atoms with Crippen molar-refractivity contribution in [3.8, 4) is 0 Å². The second-order valence-corrected chi connectivity index (χ2v) is 10.6. The monoisotopic (exact) mass is 513 g/mol. The summed E-state index contributed by atoms with van der Waals surface area (Å²) in [5, 5.41) is 13.0. The molecule has 1 heterocycles. The number of hydrogen-bond acceptors (Lipinski definition) is 3. The van der Waals surface area contributed by atoms with Gasteiger partial charge in [-0.2, -0.15) is 0 Å². The number of nitrogens with zero attached hydrogens (tertiary/aromatic N) is 1. The van der Waals surface area contributed by atoms with Crippen LogP contribution in [0.15, 0.2) is 90.5 Å². The topological polar surface area (TPSA) is 57.6 Å². The highest BCUT2D eigenvalue weighted by Crippen LogP contribution is 2.44. The lowest BCUT2D eigenvalue weighted by molar-refractivity contribution is -0.132. The number of anilines is 1. The Morgan fingerprint density at radius 3 is 2.27 bits per heavy atom. The molecule has 1 amide bonds. The Hall–Kier alpha value is -3.96. The Bertz CT molecular complexity index is 1580. The molecule has 1 aliphatic rings. The molecule has 0 aromatic heterocycles. The minimum Gasteiger partial charge on any atom is -0.507 e. The van der Waals surface area contributed by atoms with Crippen molar-refractivity contribution in [1.29, 1.82) is 0 Å². The molecule has 0 aliphatic carbocycles. The van der Waals surface area contributed by atoms with Crippen LogP contribution in [0.1, 0.15) is 43.5 Å². The zero-order valence-corrected chi connectivity index (χ0v) is 21.4. The number of amides is 1. The molecule has 5 rings (SSSR count). The summed E-state index contributed by atoms with van der Waals surface area (Å²) in [6.07, 6.45) is 0. The number of hydrogen-bond donors (Lipinski definition) is 1. The Morgan fingerprint density at radius 1 is 0.919 bits per heavy atom. The zero-order chi connectivity index (χ0) is 26.5. The third kappa shape index (κ3) is 4.30. The van der Waals surface area contributed by atoms with Gasteiger partial charge in [-0.05, 0) is 45.5 Å². The molecule has 1 aliphatic heterocycles. The zero-order valence-electron chi connectivity index (χ0n) is 20.6. The lowest BCUT2D eigenvalue weighted by atomic mass is 9.85. The van der Waals surface area contributed by atoms with Gasteiger partial charge in [-0.3, -0.25) is 14.5 Å². The molecular weight excluding hydrogens is 489 g/mol. The van der Waals surface area contributed by atoms with E-state index in [2.05, 4.69) is 20.8 Å². The van der Waals surface area contributed by atoms with Crippen LogP contribution in [0.3, 0.4) is 0 Å². The molecular formula is C31H25ClFNO3. The summed E-state index contributed by atoms with van der Waals surface area (Å²) in [5.74, 6) is -2.55. The molecule has 4 aromatic rings. The summed E-state index contributed by atoms with van der Waals surface area (Å²) in [7, 11) is 0. The summed E-state index contributed by atoms with van der Waals surface area (Å²) < 4.78 is 14.0. The first-order valence-electron chi connectivity index (χ1n) is 11.9. The second-order valence-electron chi connectivity index (χ2n) is 10.2. The number of Topliss-reactive ketones (excluding diaryl/α,β-unsaturated/α-hetero) is 1. The van der Waals surface area contributed by atoms with Gasteiger partial charge in [0.15, 0.2) is 0 Å². The number of carbonyl (C=O) groups is 2. The van der Waals surface area contributed by atoms with Gasteiger partial charge in [0.2, 0.25) is 0 Å². The van der Waals surface area contributed by atoms with E-state index in [-0.39, 0.29) is 27.5 Å². The molecule has 0 radical (unpaired) electrons. The minimum atomic E-state index is -0.936. The molecule has 4 aromatic carbocycles. The van der Waals surface area contributed by atoms with Crippen molar-refractivity contribution >= 4 is 45.5 Å². The van der Waals surface area contributed by atoms with Gasteiger partial charge in [-0.25, -0.2) is 4.39 Å². The molecule has 37 heavy (non-hydrogen) atoms. The molecule has 186 valence electrons. The van der Waals surface area contributed by atoms with E-state index in [0.717, 1.165) is 22.4 Å². The maximum Gasteiger partial charge on any atom is 0.300 e. The molecule has 0 bridgehead atoms. The summed E-state index contributed by atoms with van der Waals surface area (Å²) in [5.41, 5.74) is 2.28. The highest BCUT2D eigenvalue weighted by Gasteiger charge is 2.47. The Kier molecular flexibility index (Phi) is 6.12. The van der Waals surface area contributed by atoms with Crippen molar-refractivity contribution in [2.24, 2.45) is 0 Å². The standard InChI is InChI=1S/C31H25ClFNO3/c1-31(2,3)20-13-11-19(12-14-20)27-26(28(35)23-10-6-8-18-7-4-5-9-22(18)23)29(36)30(37)34(27)21-15-16-25(33)24(32)17-21/h4-17,27,35H,1-3H3/b28-26-. The Labute approximate surface area is 219 Å². The van der Waals surface area contributed by atoms with Crippen LogP contribution in [0.5, 0.6) is 0 Å². The van der Waals surface area contributed by atoms with E-state index in [1.54, 1.807) is 12.1 Å². The number of fused-ring (bicyclic) bond motifs is 1. The van der Waals surface area contributed by atoms with Gasteiger partial charge in [0.25, 0.3) is 11.7 Å². The highest BCUT2D eigenvalue weighted by atomic mass is 35.5. The minimum absolute atomic E-state index is 0.0368. The van der Waals surface area contributed by atoms with Crippen LogP contribution < -0.4 is 4.90 Å². The predicted molar refractivity (Wildman–Crippen MR) is 145 cm³/mol. The summed E-state index contributed by atoms with van der Waals surface area (Å²) in [4.78, 5) is 28.2. The van der Waals surface area contributed by atoms with Crippen molar-refractivity contribution in [3.05, 3.63) is 118 Å². The maximum atomic E-state index is 14.0. The number of ketones is 1. The number of carbonyl (C=O) groups excluding carboxylic acids is 2. The quantitative estimate of drug-likeness (QED) is 0.175. The van der Waals surface area contributed by atoms with Crippen LogP contribution in [0.4, 0.5) is 10.1 Å². The predicted octanol–water partition coefficient (Wildman–Crippen LogP) is 7.56. The van der Waals surface area contributed by atoms with Gasteiger partial charge in [0.05, 0.1) is 16.6 Å².